The maximum Gasteiger partial charge on any atom is 0.260 e. The van der Waals surface area contributed by atoms with Gasteiger partial charge >= 0.3 is 0 Å². The Kier molecular flexibility index (Phi) is 5.73. The summed E-state index contributed by atoms with van der Waals surface area (Å²) in [5.74, 6) is -0.331. The Morgan fingerprint density at radius 2 is 1.75 bits per heavy atom. The number of imide groups is 1. The van der Waals surface area contributed by atoms with E-state index >= 15 is 0 Å². The van der Waals surface area contributed by atoms with Crippen molar-refractivity contribution in [3.8, 4) is 0 Å². The first kappa shape index (κ1) is 18.1. The standard InChI is InChI=1S/C20H26N2O2/c1-5-12-20(13-6-2)17-11-8-7-10-16(17)18(23)22(19(20)24)15-9-14-21(3)4/h5-8,10-11H,1-2,9,12-15H2,3-4H3. The Labute approximate surface area is 144 Å². The number of benzene rings is 1. The van der Waals surface area contributed by atoms with Crippen molar-refractivity contribution in [2.75, 3.05) is 27.2 Å². The molecule has 0 atom stereocenters. The SMILES string of the molecule is C=CCC1(CC=C)C(=O)N(CCCN(C)C)C(=O)c2ccccc21. The van der Waals surface area contributed by atoms with Crippen LogP contribution < -0.4 is 0 Å². The van der Waals surface area contributed by atoms with E-state index in [4.69, 9.17) is 0 Å². The van der Waals surface area contributed by atoms with E-state index in [1.807, 2.05) is 43.3 Å². The van der Waals surface area contributed by atoms with Gasteiger partial charge in [-0.05, 0) is 51.5 Å². The third kappa shape index (κ3) is 3.20. The highest BCUT2D eigenvalue weighted by atomic mass is 16.2. The summed E-state index contributed by atoms with van der Waals surface area (Å²) in [6.07, 6.45) is 5.25. The van der Waals surface area contributed by atoms with Crippen molar-refractivity contribution in [3.63, 3.8) is 0 Å². The Balaban J connectivity index is 2.47. The number of rotatable bonds is 8. The summed E-state index contributed by atoms with van der Waals surface area (Å²) in [6, 6.07) is 7.42. The minimum atomic E-state index is -0.772. The topological polar surface area (TPSA) is 40.6 Å². The molecule has 1 aromatic rings. The monoisotopic (exact) mass is 326 g/mol. The highest BCUT2D eigenvalue weighted by molar-refractivity contribution is 6.13. The van der Waals surface area contributed by atoms with Crippen molar-refractivity contribution >= 4 is 11.8 Å². The summed E-state index contributed by atoms with van der Waals surface area (Å²) in [6.45, 7) is 8.90. The predicted octanol–water partition coefficient (Wildman–Crippen LogP) is 3.01. The normalized spacial score (nSPS) is 16.2. The average Bonchev–Trinajstić information content (AvgIpc) is 2.56. The molecule has 0 saturated heterocycles. The van der Waals surface area contributed by atoms with Crippen molar-refractivity contribution < 1.29 is 9.59 Å². The van der Waals surface area contributed by atoms with Crippen LogP contribution >= 0.6 is 0 Å². The molecule has 4 nitrogen and oxygen atoms in total. The van der Waals surface area contributed by atoms with Crippen LogP contribution in [0.15, 0.2) is 49.6 Å². The molecule has 1 aromatic carbocycles. The molecule has 0 saturated carbocycles. The van der Waals surface area contributed by atoms with Gasteiger partial charge in [-0.25, -0.2) is 0 Å². The van der Waals surface area contributed by atoms with Crippen molar-refractivity contribution in [2.24, 2.45) is 0 Å². The molecule has 0 spiro atoms. The van der Waals surface area contributed by atoms with Gasteiger partial charge in [-0.3, -0.25) is 14.5 Å². The average molecular weight is 326 g/mol. The smallest absolute Gasteiger partial charge is 0.260 e. The number of allylic oxidation sites excluding steroid dienone is 2. The minimum absolute atomic E-state index is 0.134. The Morgan fingerprint density at radius 3 is 2.33 bits per heavy atom. The van der Waals surface area contributed by atoms with Gasteiger partial charge in [0.05, 0.1) is 5.41 Å². The summed E-state index contributed by atoms with van der Waals surface area (Å²) in [5.41, 5.74) is 0.640. The highest BCUT2D eigenvalue weighted by Crippen LogP contribution is 2.41. The van der Waals surface area contributed by atoms with Crippen LogP contribution in [-0.4, -0.2) is 48.8 Å². The molecule has 0 radical (unpaired) electrons. The first-order valence-electron chi connectivity index (χ1n) is 8.30. The van der Waals surface area contributed by atoms with E-state index in [0.29, 0.717) is 24.9 Å². The molecule has 2 rings (SSSR count). The van der Waals surface area contributed by atoms with Gasteiger partial charge in [0.15, 0.2) is 0 Å². The van der Waals surface area contributed by atoms with Crippen molar-refractivity contribution in [1.82, 2.24) is 9.80 Å². The summed E-state index contributed by atoms with van der Waals surface area (Å²) >= 11 is 0. The van der Waals surface area contributed by atoms with E-state index in [9.17, 15) is 9.59 Å². The lowest BCUT2D eigenvalue weighted by Crippen LogP contribution is -2.54. The third-order valence-electron chi connectivity index (χ3n) is 4.55. The number of hydrogen-bond acceptors (Lipinski definition) is 3. The second-order valence-electron chi connectivity index (χ2n) is 6.53. The molecular weight excluding hydrogens is 300 g/mol. The molecule has 0 unspecified atom stereocenters. The van der Waals surface area contributed by atoms with Gasteiger partial charge in [0.2, 0.25) is 5.91 Å². The van der Waals surface area contributed by atoms with Gasteiger partial charge in [0, 0.05) is 12.1 Å². The summed E-state index contributed by atoms with van der Waals surface area (Å²) < 4.78 is 0. The lowest BCUT2D eigenvalue weighted by Gasteiger charge is -2.41. The molecule has 0 fully saturated rings. The van der Waals surface area contributed by atoms with Crippen LogP contribution in [0.5, 0.6) is 0 Å². The van der Waals surface area contributed by atoms with E-state index < -0.39 is 5.41 Å². The summed E-state index contributed by atoms with van der Waals surface area (Å²) in [5, 5.41) is 0. The maximum atomic E-state index is 13.3. The molecule has 0 aromatic heterocycles. The van der Waals surface area contributed by atoms with Crippen LogP contribution in [0, 0.1) is 0 Å². The molecule has 0 N–H and O–H groups in total. The van der Waals surface area contributed by atoms with Gasteiger partial charge in [-0.15, -0.1) is 13.2 Å². The van der Waals surface area contributed by atoms with Gasteiger partial charge in [0.1, 0.15) is 0 Å². The lowest BCUT2D eigenvalue weighted by atomic mass is 9.69. The zero-order valence-electron chi connectivity index (χ0n) is 14.6. The molecule has 128 valence electrons. The molecule has 4 heteroatoms. The fraction of sp³-hybridized carbons (Fsp3) is 0.400. The fourth-order valence-electron chi connectivity index (χ4n) is 3.42. The molecule has 2 amide bonds. The largest absolute Gasteiger partial charge is 0.309 e. The summed E-state index contributed by atoms with van der Waals surface area (Å²) in [4.78, 5) is 29.6. The zero-order valence-corrected chi connectivity index (χ0v) is 14.6. The Morgan fingerprint density at radius 1 is 1.12 bits per heavy atom. The lowest BCUT2D eigenvalue weighted by molar-refractivity contribution is -0.135. The molecule has 1 aliphatic rings. The Bertz CT molecular complexity index is 639. The van der Waals surface area contributed by atoms with Crippen molar-refractivity contribution in [1.29, 1.82) is 0 Å². The third-order valence-corrected chi connectivity index (χ3v) is 4.55. The number of carbonyl (C=O) groups is 2. The highest BCUT2D eigenvalue weighted by Gasteiger charge is 2.48. The first-order valence-corrected chi connectivity index (χ1v) is 8.30. The van der Waals surface area contributed by atoms with E-state index in [1.54, 1.807) is 12.2 Å². The quantitative estimate of drug-likeness (QED) is 0.545. The van der Waals surface area contributed by atoms with Crippen LogP contribution in [0.25, 0.3) is 0 Å². The summed E-state index contributed by atoms with van der Waals surface area (Å²) in [7, 11) is 3.96. The van der Waals surface area contributed by atoms with Gasteiger partial charge in [-0.2, -0.15) is 0 Å². The second kappa shape index (κ2) is 7.58. The number of nitrogens with zero attached hydrogens (tertiary/aromatic N) is 2. The van der Waals surface area contributed by atoms with E-state index in [2.05, 4.69) is 13.2 Å². The first-order chi connectivity index (χ1) is 11.5. The van der Waals surface area contributed by atoms with Crippen molar-refractivity contribution in [3.05, 3.63) is 60.7 Å². The second-order valence-corrected chi connectivity index (χ2v) is 6.53. The van der Waals surface area contributed by atoms with E-state index in [1.165, 1.54) is 4.90 Å². The molecule has 1 heterocycles. The van der Waals surface area contributed by atoms with Crippen molar-refractivity contribution in [2.45, 2.75) is 24.7 Å². The number of carbonyl (C=O) groups excluding carboxylic acids is 2. The molecule has 0 aliphatic carbocycles. The molecule has 24 heavy (non-hydrogen) atoms. The maximum absolute atomic E-state index is 13.3. The number of fused-ring (bicyclic) bond motifs is 1. The van der Waals surface area contributed by atoms with Crippen LogP contribution in [0.3, 0.4) is 0 Å². The van der Waals surface area contributed by atoms with Crippen LogP contribution in [0.4, 0.5) is 0 Å². The van der Waals surface area contributed by atoms with E-state index in [0.717, 1.165) is 18.5 Å². The van der Waals surface area contributed by atoms with Gasteiger partial charge in [0.25, 0.3) is 5.91 Å². The Hall–Kier alpha value is -2.20. The molecular formula is C20H26N2O2. The van der Waals surface area contributed by atoms with Crippen LogP contribution in [-0.2, 0) is 10.2 Å². The van der Waals surface area contributed by atoms with E-state index in [-0.39, 0.29) is 11.8 Å². The number of amides is 2. The zero-order chi connectivity index (χ0) is 17.7. The fourth-order valence-corrected chi connectivity index (χ4v) is 3.42. The predicted molar refractivity (Wildman–Crippen MR) is 97.0 cm³/mol. The van der Waals surface area contributed by atoms with Gasteiger partial charge < -0.3 is 4.90 Å². The van der Waals surface area contributed by atoms with Gasteiger partial charge in [-0.1, -0.05) is 30.4 Å². The minimum Gasteiger partial charge on any atom is -0.309 e. The molecule has 0 bridgehead atoms. The van der Waals surface area contributed by atoms with Crippen LogP contribution in [0.2, 0.25) is 0 Å². The molecule has 1 aliphatic heterocycles. The van der Waals surface area contributed by atoms with Crippen LogP contribution in [0.1, 0.15) is 35.2 Å². The number of hydrogen-bond donors (Lipinski definition) is 0.